The van der Waals surface area contributed by atoms with Gasteiger partial charge in [-0.05, 0) is 12.5 Å². The number of fused-ring (bicyclic) bond motifs is 1. The zero-order valence-corrected chi connectivity index (χ0v) is 12.0. The summed E-state index contributed by atoms with van der Waals surface area (Å²) in [6.07, 6.45) is 1.01. The summed E-state index contributed by atoms with van der Waals surface area (Å²) in [5.74, 6) is 6.73. The minimum Gasteiger partial charge on any atom is -0.384 e. The van der Waals surface area contributed by atoms with Crippen molar-refractivity contribution in [3.63, 3.8) is 0 Å². The fourth-order valence-electron chi connectivity index (χ4n) is 1.52. The molecule has 0 spiro atoms. The van der Waals surface area contributed by atoms with E-state index in [1.54, 1.807) is 30.2 Å². The van der Waals surface area contributed by atoms with Gasteiger partial charge in [0, 0.05) is 23.1 Å². The Morgan fingerprint density at radius 1 is 1.50 bits per heavy atom. The lowest BCUT2D eigenvalue weighted by molar-refractivity contribution is 0.218. The van der Waals surface area contributed by atoms with Crippen molar-refractivity contribution in [3.05, 3.63) is 10.9 Å². The van der Waals surface area contributed by atoms with E-state index in [0.717, 1.165) is 27.4 Å². The third-order valence-corrected chi connectivity index (χ3v) is 4.54. The molecule has 18 heavy (non-hydrogen) atoms. The van der Waals surface area contributed by atoms with Crippen molar-refractivity contribution < 1.29 is 4.74 Å². The van der Waals surface area contributed by atoms with E-state index >= 15 is 0 Å². The van der Waals surface area contributed by atoms with Crippen LogP contribution in [-0.4, -0.2) is 29.4 Å². The maximum absolute atomic E-state index is 5.40. The third kappa shape index (κ3) is 2.92. The number of nitrogens with zero attached hydrogens (tertiary/aromatic N) is 2. The minimum atomic E-state index is 0.465. The predicted molar refractivity (Wildman–Crippen MR) is 77.2 cm³/mol. The first-order valence-electron chi connectivity index (χ1n) is 5.67. The molecule has 0 amide bonds. The first-order chi connectivity index (χ1) is 8.78. The van der Waals surface area contributed by atoms with Crippen LogP contribution in [0.15, 0.2) is 11.1 Å². The number of hydrogen-bond acceptors (Lipinski definition) is 7. The normalized spacial score (nSPS) is 11.1. The summed E-state index contributed by atoms with van der Waals surface area (Å²) in [6, 6.07) is 2.16. The number of hydrogen-bond donors (Lipinski definition) is 2. The molecule has 0 bridgehead atoms. The Balaban J connectivity index is 2.37. The minimum absolute atomic E-state index is 0.465. The SMILES string of the molecule is CCc1cc2c(SCCOC)nc(NN)nc2s1. The summed E-state index contributed by atoms with van der Waals surface area (Å²) in [5.41, 5.74) is 2.52. The lowest BCUT2D eigenvalue weighted by atomic mass is 10.3. The number of nitrogens with two attached hydrogens (primary N) is 1. The molecule has 0 fully saturated rings. The lowest BCUT2D eigenvalue weighted by Crippen LogP contribution is -2.10. The van der Waals surface area contributed by atoms with Gasteiger partial charge in [-0.25, -0.2) is 15.8 Å². The number of thiophene rings is 1. The Morgan fingerprint density at radius 2 is 2.33 bits per heavy atom. The van der Waals surface area contributed by atoms with Crippen LogP contribution in [0.1, 0.15) is 11.8 Å². The molecule has 0 unspecified atom stereocenters. The Morgan fingerprint density at radius 3 is 3.00 bits per heavy atom. The standard InChI is InChI=1S/C11H16N4OS2/c1-3-7-6-8-9(17-5-4-16-2)13-11(15-12)14-10(8)18-7/h6H,3-5,12H2,1-2H3,(H,13,14,15). The molecule has 3 N–H and O–H groups in total. The quantitative estimate of drug-likeness (QED) is 0.279. The van der Waals surface area contributed by atoms with Crippen molar-refractivity contribution in [1.82, 2.24) is 9.97 Å². The van der Waals surface area contributed by atoms with E-state index in [2.05, 4.69) is 28.4 Å². The number of nitrogens with one attached hydrogen (secondary N) is 1. The highest BCUT2D eigenvalue weighted by Crippen LogP contribution is 2.32. The van der Waals surface area contributed by atoms with E-state index in [0.29, 0.717) is 12.6 Å². The maximum Gasteiger partial charge on any atom is 0.239 e. The van der Waals surface area contributed by atoms with Gasteiger partial charge in [-0.3, -0.25) is 5.43 Å². The summed E-state index contributed by atoms with van der Waals surface area (Å²) in [4.78, 5) is 11.1. The highest BCUT2D eigenvalue weighted by molar-refractivity contribution is 7.99. The van der Waals surface area contributed by atoms with Gasteiger partial charge in [-0.1, -0.05) is 6.92 Å². The van der Waals surface area contributed by atoms with Crippen molar-refractivity contribution in [1.29, 1.82) is 0 Å². The number of hydrazine groups is 1. The van der Waals surface area contributed by atoms with Gasteiger partial charge in [0.2, 0.25) is 5.95 Å². The summed E-state index contributed by atoms with van der Waals surface area (Å²) >= 11 is 3.35. The molecule has 0 radical (unpaired) electrons. The van der Waals surface area contributed by atoms with Crippen LogP contribution in [0.5, 0.6) is 0 Å². The third-order valence-electron chi connectivity index (χ3n) is 2.41. The molecule has 2 rings (SSSR count). The van der Waals surface area contributed by atoms with Gasteiger partial charge in [-0.15, -0.1) is 23.1 Å². The fourth-order valence-corrected chi connectivity index (χ4v) is 3.45. The Bertz CT molecular complexity index is 529. The van der Waals surface area contributed by atoms with Gasteiger partial charge < -0.3 is 4.74 Å². The fraction of sp³-hybridized carbons (Fsp3) is 0.455. The maximum atomic E-state index is 5.40. The van der Waals surface area contributed by atoms with Crippen LogP contribution in [0.3, 0.4) is 0 Å². The van der Waals surface area contributed by atoms with E-state index < -0.39 is 0 Å². The van der Waals surface area contributed by atoms with Gasteiger partial charge in [0.25, 0.3) is 0 Å². The number of nitrogen functional groups attached to an aromatic ring is 1. The summed E-state index contributed by atoms with van der Waals surface area (Å²) < 4.78 is 5.06. The number of thioether (sulfide) groups is 1. The highest BCUT2D eigenvalue weighted by Gasteiger charge is 2.11. The average molecular weight is 284 g/mol. The Hall–Kier alpha value is -0.890. The van der Waals surface area contributed by atoms with Crippen LogP contribution in [0.2, 0.25) is 0 Å². The molecule has 0 aliphatic heterocycles. The Labute approximate surface area is 114 Å². The van der Waals surface area contributed by atoms with Crippen molar-refractivity contribution in [2.75, 3.05) is 24.9 Å². The second-order valence-corrected chi connectivity index (χ2v) is 5.82. The predicted octanol–water partition coefficient (Wildman–Crippen LogP) is 2.28. The molecule has 2 aromatic rings. The van der Waals surface area contributed by atoms with Crippen molar-refractivity contribution in [2.45, 2.75) is 18.4 Å². The molecule has 7 heteroatoms. The first kappa shape index (κ1) is 13.5. The largest absolute Gasteiger partial charge is 0.384 e. The monoisotopic (exact) mass is 284 g/mol. The Kier molecular flexibility index (Phi) is 4.76. The van der Waals surface area contributed by atoms with Crippen LogP contribution < -0.4 is 11.3 Å². The van der Waals surface area contributed by atoms with Gasteiger partial charge in [0.1, 0.15) is 9.86 Å². The van der Waals surface area contributed by atoms with Crippen LogP contribution in [0.25, 0.3) is 10.2 Å². The molecule has 0 aliphatic carbocycles. The molecule has 98 valence electrons. The lowest BCUT2D eigenvalue weighted by Gasteiger charge is -2.04. The molecule has 2 aromatic heterocycles. The smallest absolute Gasteiger partial charge is 0.239 e. The molecule has 2 heterocycles. The molecule has 0 saturated heterocycles. The zero-order chi connectivity index (χ0) is 13.0. The zero-order valence-electron chi connectivity index (χ0n) is 10.4. The summed E-state index contributed by atoms with van der Waals surface area (Å²) in [7, 11) is 1.70. The second-order valence-electron chi connectivity index (χ2n) is 3.62. The molecule has 0 aromatic carbocycles. The number of ether oxygens (including phenoxy) is 1. The van der Waals surface area contributed by atoms with Gasteiger partial charge in [0.15, 0.2) is 0 Å². The van der Waals surface area contributed by atoms with Gasteiger partial charge in [0.05, 0.1) is 6.61 Å². The highest BCUT2D eigenvalue weighted by atomic mass is 32.2. The van der Waals surface area contributed by atoms with Crippen LogP contribution >= 0.6 is 23.1 Å². The van der Waals surface area contributed by atoms with E-state index in [4.69, 9.17) is 10.6 Å². The average Bonchev–Trinajstić information content (AvgIpc) is 2.81. The number of methoxy groups -OCH3 is 1. The van der Waals surface area contributed by atoms with Crippen molar-refractivity contribution in [2.24, 2.45) is 5.84 Å². The number of anilines is 1. The van der Waals surface area contributed by atoms with Gasteiger partial charge in [-0.2, -0.15) is 0 Å². The summed E-state index contributed by atoms with van der Waals surface area (Å²) in [5, 5.41) is 2.07. The topological polar surface area (TPSA) is 73.1 Å². The van der Waals surface area contributed by atoms with E-state index in [1.807, 2.05) is 0 Å². The van der Waals surface area contributed by atoms with E-state index in [1.165, 1.54) is 4.88 Å². The molecule has 5 nitrogen and oxygen atoms in total. The van der Waals surface area contributed by atoms with E-state index in [-0.39, 0.29) is 0 Å². The molecule has 0 saturated carbocycles. The first-order valence-corrected chi connectivity index (χ1v) is 7.47. The molecular formula is C11H16N4OS2. The van der Waals surface area contributed by atoms with Crippen molar-refractivity contribution >= 4 is 39.3 Å². The molecule has 0 aliphatic rings. The number of aromatic nitrogens is 2. The van der Waals surface area contributed by atoms with Gasteiger partial charge >= 0.3 is 0 Å². The van der Waals surface area contributed by atoms with Crippen molar-refractivity contribution in [3.8, 4) is 0 Å². The van der Waals surface area contributed by atoms with Crippen LogP contribution in [0.4, 0.5) is 5.95 Å². The van der Waals surface area contributed by atoms with Crippen LogP contribution in [-0.2, 0) is 11.2 Å². The molecule has 0 atom stereocenters. The second kappa shape index (κ2) is 6.33. The summed E-state index contributed by atoms with van der Waals surface area (Å²) in [6.45, 7) is 2.84. The van der Waals surface area contributed by atoms with Crippen LogP contribution in [0, 0.1) is 0 Å². The molecular weight excluding hydrogens is 268 g/mol. The van der Waals surface area contributed by atoms with E-state index in [9.17, 15) is 0 Å². The number of rotatable bonds is 6. The number of aryl methyl sites for hydroxylation is 1.